The second kappa shape index (κ2) is 6.42. The molecule has 0 saturated heterocycles. The lowest BCUT2D eigenvalue weighted by atomic mass is 10.0. The number of amides is 1. The Kier molecular flexibility index (Phi) is 4.59. The van der Waals surface area contributed by atoms with Gasteiger partial charge in [0.25, 0.3) is 0 Å². The van der Waals surface area contributed by atoms with Crippen LogP contribution in [0.15, 0.2) is 12.4 Å². The maximum atomic E-state index is 11.6. The molecule has 4 nitrogen and oxygen atoms in total. The van der Waals surface area contributed by atoms with Gasteiger partial charge in [0.2, 0.25) is 5.91 Å². The average molecular weight is 235 g/mol. The molecule has 17 heavy (non-hydrogen) atoms. The van der Waals surface area contributed by atoms with Gasteiger partial charge in [-0.25, -0.2) is 4.98 Å². The third-order valence-electron chi connectivity index (χ3n) is 3.49. The highest BCUT2D eigenvalue weighted by molar-refractivity contribution is 5.75. The fourth-order valence-corrected chi connectivity index (χ4v) is 2.48. The molecule has 1 heterocycles. The van der Waals surface area contributed by atoms with Crippen molar-refractivity contribution in [3.8, 4) is 0 Å². The van der Waals surface area contributed by atoms with Crippen molar-refractivity contribution in [1.82, 2.24) is 15.3 Å². The Labute approximate surface area is 102 Å². The number of aromatic nitrogens is 2. The van der Waals surface area contributed by atoms with Crippen LogP contribution in [0.1, 0.15) is 44.3 Å². The van der Waals surface area contributed by atoms with Crippen LogP contribution in [0.3, 0.4) is 0 Å². The third-order valence-corrected chi connectivity index (χ3v) is 3.49. The maximum Gasteiger partial charge on any atom is 0.220 e. The first-order valence-electron chi connectivity index (χ1n) is 6.59. The van der Waals surface area contributed by atoms with Crippen molar-refractivity contribution >= 4 is 5.91 Å². The Hall–Kier alpha value is -1.32. The van der Waals surface area contributed by atoms with E-state index in [1.165, 1.54) is 25.7 Å². The molecule has 0 bridgehead atoms. The number of H-pyrrole nitrogens is 1. The molecule has 0 radical (unpaired) electrons. The van der Waals surface area contributed by atoms with Gasteiger partial charge in [-0.05, 0) is 12.3 Å². The highest BCUT2D eigenvalue weighted by Gasteiger charge is 2.15. The summed E-state index contributed by atoms with van der Waals surface area (Å²) in [4.78, 5) is 18.7. The van der Waals surface area contributed by atoms with E-state index in [2.05, 4.69) is 15.3 Å². The first kappa shape index (κ1) is 12.1. The molecule has 2 N–H and O–H groups in total. The van der Waals surface area contributed by atoms with E-state index in [1.807, 2.05) is 0 Å². The first-order chi connectivity index (χ1) is 8.34. The van der Waals surface area contributed by atoms with Gasteiger partial charge < -0.3 is 10.3 Å². The van der Waals surface area contributed by atoms with Crippen molar-refractivity contribution in [1.29, 1.82) is 0 Å². The van der Waals surface area contributed by atoms with Crippen LogP contribution in [0, 0.1) is 5.92 Å². The van der Waals surface area contributed by atoms with Gasteiger partial charge in [0.15, 0.2) is 0 Å². The molecule has 0 aromatic carbocycles. The van der Waals surface area contributed by atoms with Crippen LogP contribution in [-0.4, -0.2) is 22.4 Å². The molecule has 1 aromatic rings. The number of aromatic amines is 1. The van der Waals surface area contributed by atoms with Crippen LogP contribution >= 0.6 is 0 Å². The minimum atomic E-state index is 0.184. The summed E-state index contributed by atoms with van der Waals surface area (Å²) in [7, 11) is 0. The molecule has 1 aromatic heterocycles. The van der Waals surface area contributed by atoms with E-state index in [4.69, 9.17) is 0 Å². The van der Waals surface area contributed by atoms with E-state index in [0.29, 0.717) is 13.0 Å². The van der Waals surface area contributed by atoms with Crippen molar-refractivity contribution in [2.75, 3.05) is 6.54 Å². The molecule has 4 heteroatoms. The number of hydrogen-bond acceptors (Lipinski definition) is 2. The molecule has 0 aliphatic heterocycles. The number of carbonyl (C=O) groups excluding carboxylic acids is 1. The summed E-state index contributed by atoms with van der Waals surface area (Å²) in [6.07, 6.45) is 11.4. The molecule has 1 fully saturated rings. The van der Waals surface area contributed by atoms with Crippen LogP contribution in [0.25, 0.3) is 0 Å². The fraction of sp³-hybridized carbons (Fsp3) is 0.692. The molecular weight excluding hydrogens is 214 g/mol. The summed E-state index contributed by atoms with van der Waals surface area (Å²) in [6.45, 7) is 0.678. The van der Waals surface area contributed by atoms with Crippen LogP contribution < -0.4 is 5.32 Å². The van der Waals surface area contributed by atoms with E-state index >= 15 is 0 Å². The SMILES string of the molecule is O=C(CCC1CCCC1)NCCc1ncc[nH]1. The molecular formula is C13H21N3O. The highest BCUT2D eigenvalue weighted by atomic mass is 16.1. The van der Waals surface area contributed by atoms with E-state index in [1.54, 1.807) is 12.4 Å². The van der Waals surface area contributed by atoms with E-state index in [-0.39, 0.29) is 5.91 Å². The fourth-order valence-electron chi connectivity index (χ4n) is 2.48. The standard InChI is InChI=1S/C13H21N3O/c17-13(6-5-11-3-1-2-4-11)16-8-7-12-14-9-10-15-12/h9-11H,1-8H2,(H,14,15)(H,16,17). The van der Waals surface area contributed by atoms with Gasteiger partial charge in [-0.2, -0.15) is 0 Å². The number of nitrogens with one attached hydrogen (secondary N) is 2. The molecule has 0 spiro atoms. The maximum absolute atomic E-state index is 11.6. The van der Waals surface area contributed by atoms with Gasteiger partial charge in [0.1, 0.15) is 5.82 Å². The van der Waals surface area contributed by atoms with Crippen LogP contribution in [-0.2, 0) is 11.2 Å². The van der Waals surface area contributed by atoms with Gasteiger partial charge in [0, 0.05) is 31.8 Å². The van der Waals surface area contributed by atoms with Crippen LogP contribution in [0.4, 0.5) is 0 Å². The molecule has 94 valence electrons. The first-order valence-corrected chi connectivity index (χ1v) is 6.59. The zero-order valence-corrected chi connectivity index (χ0v) is 10.2. The zero-order chi connectivity index (χ0) is 11.9. The lowest BCUT2D eigenvalue weighted by Crippen LogP contribution is -2.26. The van der Waals surface area contributed by atoms with Crippen molar-refractivity contribution in [3.63, 3.8) is 0 Å². The average Bonchev–Trinajstić information content (AvgIpc) is 2.99. The minimum Gasteiger partial charge on any atom is -0.356 e. The quantitative estimate of drug-likeness (QED) is 0.792. The summed E-state index contributed by atoms with van der Waals surface area (Å²) in [5.74, 6) is 1.91. The summed E-state index contributed by atoms with van der Waals surface area (Å²) in [5, 5.41) is 2.95. The molecule has 2 rings (SSSR count). The lowest BCUT2D eigenvalue weighted by molar-refractivity contribution is -0.121. The molecule has 1 saturated carbocycles. The van der Waals surface area contributed by atoms with Crippen LogP contribution in [0.5, 0.6) is 0 Å². The van der Waals surface area contributed by atoms with Crippen molar-refractivity contribution in [3.05, 3.63) is 18.2 Å². The largest absolute Gasteiger partial charge is 0.356 e. The third kappa shape index (κ3) is 4.21. The van der Waals surface area contributed by atoms with E-state index in [9.17, 15) is 4.79 Å². The van der Waals surface area contributed by atoms with E-state index in [0.717, 1.165) is 24.6 Å². The Balaban J connectivity index is 1.54. The lowest BCUT2D eigenvalue weighted by Gasteiger charge is -2.08. The molecule has 0 atom stereocenters. The molecule has 1 amide bonds. The zero-order valence-electron chi connectivity index (χ0n) is 10.2. The predicted molar refractivity (Wildman–Crippen MR) is 66.5 cm³/mol. The van der Waals surface area contributed by atoms with Gasteiger partial charge in [-0.1, -0.05) is 25.7 Å². The summed E-state index contributed by atoms with van der Waals surface area (Å²) in [6, 6.07) is 0. The topological polar surface area (TPSA) is 57.8 Å². The van der Waals surface area contributed by atoms with Gasteiger partial charge in [-0.15, -0.1) is 0 Å². The molecule has 1 aliphatic carbocycles. The second-order valence-corrected chi connectivity index (χ2v) is 4.82. The summed E-state index contributed by atoms with van der Waals surface area (Å²) >= 11 is 0. The highest BCUT2D eigenvalue weighted by Crippen LogP contribution is 2.28. The Morgan fingerprint density at radius 3 is 3.00 bits per heavy atom. The summed E-state index contributed by atoms with van der Waals surface area (Å²) in [5.41, 5.74) is 0. The second-order valence-electron chi connectivity index (χ2n) is 4.82. The summed E-state index contributed by atoms with van der Waals surface area (Å²) < 4.78 is 0. The predicted octanol–water partition coefficient (Wildman–Crippen LogP) is 2.04. The number of rotatable bonds is 6. The smallest absolute Gasteiger partial charge is 0.220 e. The van der Waals surface area contributed by atoms with E-state index < -0.39 is 0 Å². The Morgan fingerprint density at radius 2 is 2.29 bits per heavy atom. The number of carbonyl (C=O) groups is 1. The minimum absolute atomic E-state index is 0.184. The number of imidazole rings is 1. The number of nitrogens with zero attached hydrogens (tertiary/aromatic N) is 1. The van der Waals surface area contributed by atoms with Crippen molar-refractivity contribution in [2.24, 2.45) is 5.92 Å². The van der Waals surface area contributed by atoms with Gasteiger partial charge in [-0.3, -0.25) is 4.79 Å². The van der Waals surface area contributed by atoms with Gasteiger partial charge in [0.05, 0.1) is 0 Å². The van der Waals surface area contributed by atoms with Crippen LogP contribution in [0.2, 0.25) is 0 Å². The Morgan fingerprint density at radius 1 is 1.47 bits per heavy atom. The van der Waals surface area contributed by atoms with Crippen molar-refractivity contribution in [2.45, 2.75) is 44.9 Å². The monoisotopic (exact) mass is 235 g/mol. The number of hydrogen-bond donors (Lipinski definition) is 2. The van der Waals surface area contributed by atoms with Gasteiger partial charge >= 0.3 is 0 Å². The molecule has 1 aliphatic rings. The Bertz CT molecular complexity index is 328. The molecule has 0 unspecified atom stereocenters. The normalized spacial score (nSPS) is 16.2. The van der Waals surface area contributed by atoms with Crippen molar-refractivity contribution < 1.29 is 4.79 Å².